The maximum atomic E-state index is 7.49. The van der Waals surface area contributed by atoms with Gasteiger partial charge in [-0.3, -0.25) is 0 Å². The fraction of sp³-hybridized carbons (Fsp3) is 0.429. The Morgan fingerprint density at radius 2 is 2.36 bits per heavy atom. The van der Waals surface area contributed by atoms with E-state index in [1.807, 2.05) is 18.6 Å². The Labute approximate surface area is 70.7 Å². The molecule has 3 N–H and O–H groups in total. The molecule has 4 heteroatoms. The highest BCUT2D eigenvalue weighted by molar-refractivity contribution is 6.66. The number of rotatable bonds is 1. The van der Waals surface area contributed by atoms with Crippen molar-refractivity contribution in [2.45, 2.75) is 12.8 Å². The summed E-state index contributed by atoms with van der Waals surface area (Å²) < 4.78 is 0. The summed E-state index contributed by atoms with van der Waals surface area (Å²) in [6.07, 6.45) is 3.23. The van der Waals surface area contributed by atoms with Crippen molar-refractivity contribution >= 4 is 22.5 Å². The smallest absolute Gasteiger partial charge is 0.138 e. The van der Waals surface area contributed by atoms with Crippen molar-refractivity contribution in [1.82, 2.24) is 0 Å². The number of nitrogens with zero attached hydrogens (tertiary/aromatic N) is 1. The van der Waals surface area contributed by atoms with Crippen LogP contribution in [-0.2, 0) is 0 Å². The molecule has 0 fully saturated rings. The van der Waals surface area contributed by atoms with Gasteiger partial charge in [0.1, 0.15) is 17.1 Å². The van der Waals surface area contributed by atoms with E-state index in [4.69, 9.17) is 17.0 Å². The highest BCUT2D eigenvalue weighted by Gasteiger charge is 2.13. The Balaban J connectivity index is 2.83. The molecule has 60 valence electrons. The van der Waals surface area contributed by atoms with Crippen molar-refractivity contribution in [3.63, 3.8) is 0 Å². The largest absolute Gasteiger partial charge is 0.321 e. The number of halogens is 1. The van der Waals surface area contributed by atoms with Crippen LogP contribution in [0.25, 0.3) is 0 Å². The zero-order valence-corrected chi connectivity index (χ0v) is 7.15. The number of quaternary nitrogens is 1. The first kappa shape index (κ1) is 8.43. The molecule has 0 aliphatic carbocycles. The normalized spacial score (nSPS) is 22.2. The van der Waals surface area contributed by atoms with Crippen LogP contribution in [0.5, 0.6) is 0 Å². The molecule has 0 atom stereocenters. The van der Waals surface area contributed by atoms with Crippen LogP contribution in [0, 0.1) is 5.41 Å². The van der Waals surface area contributed by atoms with Crippen LogP contribution in [0.4, 0.5) is 0 Å². The van der Waals surface area contributed by atoms with Gasteiger partial charge in [0.2, 0.25) is 0 Å². The Bertz CT molecular complexity index is 230. The summed E-state index contributed by atoms with van der Waals surface area (Å²) in [6, 6.07) is 0. The SMILES string of the molecule is C[NH2+]/C=C1/N=C(Cl)CCC1=N. The molecule has 0 unspecified atom stereocenters. The molecule has 0 saturated heterocycles. The predicted octanol–water partition coefficient (Wildman–Crippen LogP) is 0.472. The highest BCUT2D eigenvalue weighted by Crippen LogP contribution is 2.14. The Morgan fingerprint density at radius 1 is 1.64 bits per heavy atom. The molecule has 0 bridgehead atoms. The zero-order chi connectivity index (χ0) is 8.27. The average Bonchev–Trinajstić information content (AvgIpc) is 1.98. The third-order valence-corrected chi connectivity index (χ3v) is 1.73. The molecule has 0 saturated carbocycles. The van der Waals surface area contributed by atoms with E-state index in [2.05, 4.69) is 4.99 Å². The molecule has 11 heavy (non-hydrogen) atoms. The van der Waals surface area contributed by atoms with Crippen LogP contribution in [-0.4, -0.2) is 17.9 Å². The summed E-state index contributed by atoms with van der Waals surface area (Å²) in [6.45, 7) is 0. The van der Waals surface area contributed by atoms with Crippen molar-refractivity contribution in [1.29, 1.82) is 5.41 Å². The van der Waals surface area contributed by atoms with Gasteiger partial charge in [0, 0.05) is 6.42 Å². The molecule has 0 aromatic carbocycles. The number of hydrogen-bond acceptors (Lipinski definition) is 2. The number of hydrogen-bond donors (Lipinski definition) is 2. The fourth-order valence-corrected chi connectivity index (χ4v) is 1.09. The number of nitrogens with two attached hydrogens (primary N) is 1. The summed E-state index contributed by atoms with van der Waals surface area (Å²) in [4.78, 5) is 4.04. The van der Waals surface area contributed by atoms with Gasteiger partial charge in [-0.2, -0.15) is 0 Å². The molecule has 1 rings (SSSR count). The second-order valence-corrected chi connectivity index (χ2v) is 2.79. The van der Waals surface area contributed by atoms with Crippen LogP contribution >= 0.6 is 11.6 Å². The van der Waals surface area contributed by atoms with Crippen molar-refractivity contribution < 1.29 is 5.32 Å². The first-order chi connectivity index (χ1) is 5.24. The van der Waals surface area contributed by atoms with Gasteiger partial charge in [0.25, 0.3) is 0 Å². The Morgan fingerprint density at radius 3 is 3.00 bits per heavy atom. The lowest BCUT2D eigenvalue weighted by atomic mass is 10.1. The van der Waals surface area contributed by atoms with Gasteiger partial charge >= 0.3 is 0 Å². The van der Waals surface area contributed by atoms with E-state index < -0.39 is 0 Å². The Hall–Kier alpha value is -0.670. The fourth-order valence-electron chi connectivity index (χ4n) is 0.906. The van der Waals surface area contributed by atoms with E-state index in [1.165, 1.54) is 0 Å². The number of allylic oxidation sites excluding steroid dienone is 1. The van der Waals surface area contributed by atoms with Crippen LogP contribution in [0.2, 0.25) is 0 Å². The molecule has 3 nitrogen and oxygen atoms in total. The molecule has 1 aliphatic heterocycles. The maximum absolute atomic E-state index is 7.49. The van der Waals surface area contributed by atoms with Gasteiger partial charge < -0.3 is 10.7 Å². The van der Waals surface area contributed by atoms with E-state index in [-0.39, 0.29) is 0 Å². The topological polar surface area (TPSA) is 52.8 Å². The quantitative estimate of drug-likeness (QED) is 0.578. The van der Waals surface area contributed by atoms with Gasteiger partial charge in [-0.25, -0.2) is 4.99 Å². The van der Waals surface area contributed by atoms with Crippen molar-refractivity contribution in [2.75, 3.05) is 7.05 Å². The highest BCUT2D eigenvalue weighted by atomic mass is 35.5. The Kier molecular flexibility index (Phi) is 2.79. The van der Waals surface area contributed by atoms with Crippen molar-refractivity contribution in [3.05, 3.63) is 11.9 Å². The van der Waals surface area contributed by atoms with E-state index in [0.717, 1.165) is 0 Å². The first-order valence-electron chi connectivity index (χ1n) is 3.54. The molecule has 1 aliphatic rings. The summed E-state index contributed by atoms with van der Waals surface area (Å²) in [5.41, 5.74) is 1.27. The summed E-state index contributed by atoms with van der Waals surface area (Å²) >= 11 is 5.71. The van der Waals surface area contributed by atoms with Crippen LogP contribution in [0.3, 0.4) is 0 Å². The second-order valence-electron chi connectivity index (χ2n) is 2.35. The van der Waals surface area contributed by atoms with Gasteiger partial charge in [-0.05, 0) is 6.42 Å². The third-order valence-electron chi connectivity index (χ3n) is 1.46. The maximum Gasteiger partial charge on any atom is 0.138 e. The van der Waals surface area contributed by atoms with Crippen LogP contribution < -0.4 is 5.32 Å². The van der Waals surface area contributed by atoms with Gasteiger partial charge in [-0.15, -0.1) is 0 Å². The van der Waals surface area contributed by atoms with Gasteiger partial charge in [0.15, 0.2) is 0 Å². The minimum Gasteiger partial charge on any atom is -0.321 e. The minimum absolute atomic E-state index is 0.576. The van der Waals surface area contributed by atoms with Crippen molar-refractivity contribution in [2.24, 2.45) is 4.99 Å². The van der Waals surface area contributed by atoms with E-state index in [0.29, 0.717) is 29.4 Å². The monoisotopic (exact) mass is 172 g/mol. The van der Waals surface area contributed by atoms with Crippen LogP contribution in [0.1, 0.15) is 12.8 Å². The molecule has 0 aromatic rings. The van der Waals surface area contributed by atoms with Gasteiger partial charge in [-0.1, -0.05) is 11.6 Å². The van der Waals surface area contributed by atoms with Crippen LogP contribution in [0.15, 0.2) is 16.9 Å². The number of aliphatic imine (C=N–C) groups is 1. The minimum atomic E-state index is 0.576. The molecule has 0 spiro atoms. The average molecular weight is 173 g/mol. The molecule has 1 heterocycles. The summed E-state index contributed by atoms with van der Waals surface area (Å²) in [5, 5.41) is 9.95. The van der Waals surface area contributed by atoms with Gasteiger partial charge in [0.05, 0.1) is 12.8 Å². The molecular weight excluding hydrogens is 162 g/mol. The van der Waals surface area contributed by atoms with E-state index >= 15 is 0 Å². The zero-order valence-electron chi connectivity index (χ0n) is 6.39. The third kappa shape index (κ3) is 2.13. The molecule has 0 radical (unpaired) electrons. The van der Waals surface area contributed by atoms with E-state index in [9.17, 15) is 0 Å². The number of nitrogens with one attached hydrogen (secondary N) is 1. The summed E-state index contributed by atoms with van der Waals surface area (Å²) in [5.74, 6) is 0. The summed E-state index contributed by atoms with van der Waals surface area (Å²) in [7, 11) is 1.90. The standard InChI is InChI=1S/C7H10ClN3/c1-10-4-6-5(9)2-3-7(8)11-6/h4,9-10H,2-3H2,1H3/p+1/b6-4+,9-5?. The molecule has 0 aromatic heterocycles. The second kappa shape index (κ2) is 3.64. The molecule has 0 amide bonds. The molecular formula is C7H11ClN3+. The lowest BCUT2D eigenvalue weighted by Gasteiger charge is -2.08. The lowest BCUT2D eigenvalue weighted by Crippen LogP contribution is -2.73. The van der Waals surface area contributed by atoms with Crippen molar-refractivity contribution in [3.8, 4) is 0 Å². The van der Waals surface area contributed by atoms with E-state index in [1.54, 1.807) is 0 Å². The lowest BCUT2D eigenvalue weighted by molar-refractivity contribution is -0.557. The first-order valence-corrected chi connectivity index (χ1v) is 3.92. The predicted molar refractivity (Wildman–Crippen MR) is 46.2 cm³/mol.